The van der Waals surface area contributed by atoms with Gasteiger partial charge in [0.2, 0.25) is 0 Å². The molecule has 0 saturated heterocycles. The van der Waals surface area contributed by atoms with E-state index in [0.717, 1.165) is 12.8 Å². The molecule has 1 radical (unpaired) electrons. The summed E-state index contributed by atoms with van der Waals surface area (Å²) < 4.78 is 0. The van der Waals surface area contributed by atoms with E-state index >= 15 is 0 Å². The summed E-state index contributed by atoms with van der Waals surface area (Å²) in [6.07, 6.45) is 7.43. The highest BCUT2D eigenvalue weighted by Crippen LogP contribution is 2.06. The second kappa shape index (κ2) is 8.35. The van der Waals surface area contributed by atoms with E-state index in [9.17, 15) is 0 Å². The lowest BCUT2D eigenvalue weighted by atomic mass is 10.1. The van der Waals surface area contributed by atoms with Crippen molar-refractivity contribution in [2.75, 3.05) is 5.88 Å². The number of hydrogen-bond acceptors (Lipinski definition) is 1. The van der Waals surface area contributed by atoms with E-state index < -0.39 is 0 Å². The number of unbranched alkanes of at least 4 members (excludes halogenated alkanes) is 4. The molecule has 2 heteroatoms. The third kappa shape index (κ3) is 8.15. The predicted octanol–water partition coefficient (Wildman–Crippen LogP) is 2.76. The van der Waals surface area contributed by atoms with Gasteiger partial charge >= 0.3 is 0 Å². The van der Waals surface area contributed by atoms with Crippen molar-refractivity contribution in [1.82, 2.24) is 0 Å². The highest BCUT2D eigenvalue weighted by Gasteiger charge is 2.00. The fraction of sp³-hybridized carbons (Fsp3) is 0.889. The molecule has 0 heterocycles. The molecule has 0 fully saturated rings. The van der Waals surface area contributed by atoms with Crippen LogP contribution in [0, 0.1) is 6.42 Å². The molecule has 1 atom stereocenters. The van der Waals surface area contributed by atoms with Crippen LogP contribution in [-0.2, 0) is 0 Å². The molecule has 0 spiro atoms. The minimum absolute atomic E-state index is 0.335. The Hall–Kier alpha value is 0.250. The zero-order valence-corrected chi connectivity index (χ0v) is 7.98. The molecule has 0 aromatic rings. The maximum atomic E-state index is 9.05. The van der Waals surface area contributed by atoms with Crippen molar-refractivity contribution >= 4 is 11.6 Å². The van der Waals surface area contributed by atoms with Crippen LogP contribution >= 0.6 is 11.6 Å². The van der Waals surface area contributed by atoms with E-state index in [2.05, 4.69) is 13.3 Å². The third-order valence-corrected chi connectivity index (χ3v) is 1.98. The molecule has 0 saturated carbocycles. The van der Waals surface area contributed by atoms with Crippen LogP contribution in [0.5, 0.6) is 0 Å². The van der Waals surface area contributed by atoms with Gasteiger partial charge in [-0.1, -0.05) is 32.6 Å². The Morgan fingerprint density at radius 2 is 2.18 bits per heavy atom. The summed E-state index contributed by atoms with van der Waals surface area (Å²) in [6, 6.07) is 0. The zero-order chi connectivity index (χ0) is 8.53. The Labute approximate surface area is 74.8 Å². The van der Waals surface area contributed by atoms with E-state index in [1.165, 1.54) is 19.3 Å². The van der Waals surface area contributed by atoms with Crippen molar-refractivity contribution in [3.05, 3.63) is 6.42 Å². The molecule has 0 rings (SSSR count). The summed E-state index contributed by atoms with van der Waals surface area (Å²) >= 11 is 5.42. The molecule has 1 nitrogen and oxygen atoms in total. The van der Waals surface area contributed by atoms with Gasteiger partial charge in [-0.15, -0.1) is 11.6 Å². The fourth-order valence-corrected chi connectivity index (χ4v) is 1.04. The Morgan fingerprint density at radius 1 is 1.45 bits per heavy atom. The number of rotatable bonds is 7. The Bertz CT molecular complexity index is 76.0. The van der Waals surface area contributed by atoms with Crippen LogP contribution in [0.25, 0.3) is 0 Å². The van der Waals surface area contributed by atoms with Crippen LogP contribution in [0.1, 0.15) is 39.0 Å². The van der Waals surface area contributed by atoms with Gasteiger partial charge in [-0.3, -0.25) is 0 Å². The fourth-order valence-electron chi connectivity index (χ4n) is 0.912. The SMILES string of the molecule is CCCCC[CH]CC(O)CCl. The molecular formula is C9H18ClO. The number of aliphatic hydroxyl groups excluding tert-OH is 1. The molecule has 0 aliphatic rings. The highest BCUT2D eigenvalue weighted by atomic mass is 35.5. The van der Waals surface area contributed by atoms with Crippen LogP contribution in [0.15, 0.2) is 0 Å². The summed E-state index contributed by atoms with van der Waals surface area (Å²) in [5.41, 5.74) is 0. The molecule has 0 aromatic heterocycles. The lowest BCUT2D eigenvalue weighted by molar-refractivity contribution is 0.196. The molecule has 1 N–H and O–H groups in total. The van der Waals surface area contributed by atoms with Crippen molar-refractivity contribution in [2.24, 2.45) is 0 Å². The molecule has 0 aliphatic heterocycles. The first-order chi connectivity index (χ1) is 5.31. The summed E-state index contributed by atoms with van der Waals surface area (Å²) in [5.74, 6) is 0.351. The van der Waals surface area contributed by atoms with Crippen molar-refractivity contribution < 1.29 is 5.11 Å². The minimum Gasteiger partial charge on any atom is -0.392 e. The molecule has 1 unspecified atom stereocenters. The van der Waals surface area contributed by atoms with E-state index in [-0.39, 0.29) is 6.10 Å². The summed E-state index contributed by atoms with van der Waals surface area (Å²) in [5, 5.41) is 9.05. The first-order valence-electron chi connectivity index (χ1n) is 4.37. The van der Waals surface area contributed by atoms with Gasteiger partial charge in [-0.25, -0.2) is 0 Å². The van der Waals surface area contributed by atoms with E-state index in [1.54, 1.807) is 0 Å². The first-order valence-corrected chi connectivity index (χ1v) is 4.90. The first kappa shape index (κ1) is 11.2. The van der Waals surface area contributed by atoms with Gasteiger partial charge in [-0.05, 0) is 12.8 Å². The van der Waals surface area contributed by atoms with Gasteiger partial charge in [0.15, 0.2) is 0 Å². The third-order valence-electron chi connectivity index (χ3n) is 1.63. The lowest BCUT2D eigenvalue weighted by Gasteiger charge is -2.04. The molecule has 0 aliphatic carbocycles. The van der Waals surface area contributed by atoms with E-state index in [4.69, 9.17) is 16.7 Å². The van der Waals surface area contributed by atoms with Crippen LogP contribution in [0.3, 0.4) is 0 Å². The molecule has 67 valence electrons. The summed E-state index contributed by atoms with van der Waals surface area (Å²) in [7, 11) is 0. The topological polar surface area (TPSA) is 20.2 Å². The average Bonchev–Trinajstić information content (AvgIpc) is 2.04. The average molecular weight is 178 g/mol. The van der Waals surface area contributed by atoms with Crippen molar-refractivity contribution in [3.63, 3.8) is 0 Å². The van der Waals surface area contributed by atoms with Crippen molar-refractivity contribution in [2.45, 2.75) is 45.1 Å². The van der Waals surface area contributed by atoms with Crippen molar-refractivity contribution in [1.29, 1.82) is 0 Å². The highest BCUT2D eigenvalue weighted by molar-refractivity contribution is 6.18. The van der Waals surface area contributed by atoms with Crippen LogP contribution in [-0.4, -0.2) is 17.1 Å². The number of halogens is 1. The zero-order valence-electron chi connectivity index (χ0n) is 7.22. The van der Waals surface area contributed by atoms with Gasteiger partial charge in [0.05, 0.1) is 6.10 Å². The Morgan fingerprint density at radius 3 is 2.73 bits per heavy atom. The molecule has 0 aromatic carbocycles. The van der Waals surface area contributed by atoms with Gasteiger partial charge in [0, 0.05) is 5.88 Å². The normalized spacial score (nSPS) is 13.4. The number of hydrogen-bond donors (Lipinski definition) is 1. The van der Waals surface area contributed by atoms with Crippen LogP contribution in [0.4, 0.5) is 0 Å². The summed E-state index contributed by atoms with van der Waals surface area (Å²) in [6.45, 7) is 2.19. The summed E-state index contributed by atoms with van der Waals surface area (Å²) in [4.78, 5) is 0. The second-order valence-corrected chi connectivity index (χ2v) is 3.14. The van der Waals surface area contributed by atoms with Crippen LogP contribution < -0.4 is 0 Å². The number of aliphatic hydroxyl groups is 1. The predicted molar refractivity (Wildman–Crippen MR) is 49.8 cm³/mol. The molecular weight excluding hydrogens is 160 g/mol. The maximum Gasteiger partial charge on any atom is 0.0678 e. The van der Waals surface area contributed by atoms with Gasteiger partial charge in [0.1, 0.15) is 0 Å². The minimum atomic E-state index is -0.335. The van der Waals surface area contributed by atoms with Gasteiger partial charge in [-0.2, -0.15) is 0 Å². The van der Waals surface area contributed by atoms with Crippen LogP contribution in [0.2, 0.25) is 0 Å². The van der Waals surface area contributed by atoms with Crippen molar-refractivity contribution in [3.8, 4) is 0 Å². The van der Waals surface area contributed by atoms with E-state index in [0.29, 0.717) is 5.88 Å². The maximum absolute atomic E-state index is 9.05. The Kier molecular flexibility index (Phi) is 8.54. The largest absolute Gasteiger partial charge is 0.392 e. The lowest BCUT2D eigenvalue weighted by Crippen LogP contribution is -2.07. The van der Waals surface area contributed by atoms with Gasteiger partial charge in [0.25, 0.3) is 0 Å². The second-order valence-electron chi connectivity index (χ2n) is 2.83. The quantitative estimate of drug-likeness (QED) is 0.469. The molecule has 11 heavy (non-hydrogen) atoms. The smallest absolute Gasteiger partial charge is 0.0678 e. The monoisotopic (exact) mass is 177 g/mol. The standard InChI is InChI=1S/C9H18ClO/c1-2-3-4-5-6-7-9(11)8-10/h6,9,11H,2-5,7-8H2,1H3. The number of alkyl halides is 1. The molecule has 0 bridgehead atoms. The van der Waals surface area contributed by atoms with E-state index in [1.807, 2.05) is 0 Å². The van der Waals surface area contributed by atoms with Gasteiger partial charge < -0.3 is 5.11 Å². The Balaban J connectivity index is 2.89. The molecule has 0 amide bonds.